The van der Waals surface area contributed by atoms with Gasteiger partial charge in [0.15, 0.2) is 0 Å². The van der Waals surface area contributed by atoms with E-state index in [0.717, 1.165) is 16.9 Å². The van der Waals surface area contributed by atoms with Crippen molar-refractivity contribution in [2.45, 2.75) is 5.37 Å². The second-order valence-corrected chi connectivity index (χ2v) is 5.83. The van der Waals surface area contributed by atoms with Crippen LogP contribution < -0.4 is 15.4 Å². The Balaban J connectivity index is 2.01. The number of benzene rings is 2. The van der Waals surface area contributed by atoms with Crippen molar-refractivity contribution in [1.82, 2.24) is 0 Å². The maximum Gasteiger partial charge on any atom is 0.238 e. The maximum atomic E-state index is 12.3. The zero-order valence-electron chi connectivity index (χ0n) is 11.7. The zero-order chi connectivity index (χ0) is 14.8. The van der Waals surface area contributed by atoms with Gasteiger partial charge >= 0.3 is 0 Å². The fourth-order valence-electron chi connectivity index (χ4n) is 2.42. The molecule has 1 aliphatic rings. The van der Waals surface area contributed by atoms with Crippen molar-refractivity contribution in [3.05, 3.63) is 54.1 Å². The van der Waals surface area contributed by atoms with Gasteiger partial charge in [-0.05, 0) is 29.8 Å². The van der Waals surface area contributed by atoms with Crippen LogP contribution in [0.25, 0.3) is 0 Å². The van der Waals surface area contributed by atoms with Gasteiger partial charge in [-0.25, -0.2) is 0 Å². The molecule has 21 heavy (non-hydrogen) atoms. The lowest BCUT2D eigenvalue weighted by Crippen LogP contribution is -2.28. The molecule has 0 radical (unpaired) electrons. The van der Waals surface area contributed by atoms with Gasteiger partial charge in [0.2, 0.25) is 5.91 Å². The average Bonchev–Trinajstić information content (AvgIpc) is 2.89. The van der Waals surface area contributed by atoms with Crippen molar-refractivity contribution in [2.24, 2.45) is 0 Å². The van der Waals surface area contributed by atoms with Crippen molar-refractivity contribution >= 4 is 29.0 Å². The number of nitrogens with two attached hydrogens (primary N) is 1. The van der Waals surface area contributed by atoms with Crippen LogP contribution in [0, 0.1) is 0 Å². The summed E-state index contributed by atoms with van der Waals surface area (Å²) in [7, 11) is 1.62. The Labute approximate surface area is 127 Å². The molecule has 5 heteroatoms. The van der Waals surface area contributed by atoms with E-state index in [-0.39, 0.29) is 11.3 Å². The molecule has 1 heterocycles. The van der Waals surface area contributed by atoms with Crippen LogP contribution >= 0.6 is 11.8 Å². The van der Waals surface area contributed by atoms with Crippen molar-refractivity contribution in [2.75, 3.05) is 23.5 Å². The smallest absolute Gasteiger partial charge is 0.238 e. The fraction of sp³-hybridized carbons (Fsp3) is 0.188. The highest BCUT2D eigenvalue weighted by molar-refractivity contribution is 8.00. The third-order valence-electron chi connectivity index (χ3n) is 3.43. The molecule has 0 saturated carbocycles. The molecule has 0 bridgehead atoms. The topological polar surface area (TPSA) is 55.6 Å². The molecule has 1 fully saturated rings. The number of thioether (sulfide) groups is 1. The van der Waals surface area contributed by atoms with E-state index in [2.05, 4.69) is 0 Å². The molecular weight excluding hydrogens is 284 g/mol. The maximum absolute atomic E-state index is 12.3. The molecule has 2 aromatic carbocycles. The summed E-state index contributed by atoms with van der Waals surface area (Å²) >= 11 is 1.61. The molecule has 0 spiro atoms. The zero-order valence-corrected chi connectivity index (χ0v) is 12.5. The van der Waals surface area contributed by atoms with E-state index >= 15 is 0 Å². The molecule has 4 nitrogen and oxygen atoms in total. The molecule has 2 N–H and O–H groups in total. The van der Waals surface area contributed by atoms with Crippen LogP contribution in [0.4, 0.5) is 11.4 Å². The Morgan fingerprint density at radius 3 is 2.62 bits per heavy atom. The molecule has 0 aromatic heterocycles. The third-order valence-corrected chi connectivity index (χ3v) is 4.65. The lowest BCUT2D eigenvalue weighted by Gasteiger charge is -2.25. The average molecular weight is 300 g/mol. The van der Waals surface area contributed by atoms with Crippen LogP contribution in [0.1, 0.15) is 10.9 Å². The standard InChI is InChI=1S/C16H16N2O2S/c1-20-14-5-3-2-4-13(14)18-15(19)10-21-16(18)11-6-8-12(17)9-7-11/h2-9,16H,10,17H2,1H3/t16-/m1/s1. The van der Waals surface area contributed by atoms with Crippen LogP contribution in [0.3, 0.4) is 0 Å². The van der Waals surface area contributed by atoms with Gasteiger partial charge < -0.3 is 10.5 Å². The summed E-state index contributed by atoms with van der Waals surface area (Å²) in [6.45, 7) is 0. The van der Waals surface area contributed by atoms with Gasteiger partial charge in [-0.15, -0.1) is 11.8 Å². The Bertz CT molecular complexity index is 658. The number of nitrogens with zero attached hydrogens (tertiary/aromatic N) is 1. The molecule has 3 rings (SSSR count). The number of hydrogen-bond donors (Lipinski definition) is 1. The number of carbonyl (C=O) groups excluding carboxylic acids is 1. The minimum absolute atomic E-state index is 0.0469. The lowest BCUT2D eigenvalue weighted by atomic mass is 10.1. The molecule has 1 saturated heterocycles. The van der Waals surface area contributed by atoms with Crippen LogP contribution in [0.15, 0.2) is 48.5 Å². The SMILES string of the molecule is COc1ccccc1N1C(=O)CS[C@@H]1c1ccc(N)cc1. The number of para-hydroxylation sites is 2. The van der Waals surface area contributed by atoms with Gasteiger partial charge in [0.1, 0.15) is 11.1 Å². The fourth-order valence-corrected chi connectivity index (χ4v) is 3.59. The summed E-state index contributed by atoms with van der Waals surface area (Å²) in [5.74, 6) is 1.26. The van der Waals surface area contributed by atoms with Gasteiger partial charge in [-0.2, -0.15) is 0 Å². The van der Waals surface area contributed by atoms with Gasteiger partial charge in [0.25, 0.3) is 0 Å². The highest BCUT2D eigenvalue weighted by atomic mass is 32.2. The third kappa shape index (κ3) is 2.56. The first-order valence-electron chi connectivity index (χ1n) is 6.63. The number of methoxy groups -OCH3 is 1. The molecule has 108 valence electrons. The van der Waals surface area contributed by atoms with Crippen molar-refractivity contribution < 1.29 is 9.53 Å². The Morgan fingerprint density at radius 1 is 1.19 bits per heavy atom. The van der Waals surface area contributed by atoms with E-state index in [1.807, 2.05) is 48.5 Å². The minimum Gasteiger partial charge on any atom is -0.495 e. The summed E-state index contributed by atoms with van der Waals surface area (Å²) in [5, 5.41) is -0.0469. The van der Waals surface area contributed by atoms with Crippen LogP contribution in [-0.4, -0.2) is 18.8 Å². The van der Waals surface area contributed by atoms with Crippen molar-refractivity contribution in [1.29, 1.82) is 0 Å². The van der Waals surface area contributed by atoms with Crippen LogP contribution in [0.2, 0.25) is 0 Å². The number of rotatable bonds is 3. The van der Waals surface area contributed by atoms with Crippen molar-refractivity contribution in [3.8, 4) is 5.75 Å². The molecule has 0 aliphatic carbocycles. The summed E-state index contributed by atoms with van der Waals surface area (Å²) in [6, 6.07) is 15.2. The van der Waals surface area contributed by atoms with Crippen molar-refractivity contribution in [3.63, 3.8) is 0 Å². The summed E-state index contributed by atoms with van der Waals surface area (Å²) in [4.78, 5) is 14.1. The van der Waals surface area contributed by atoms with E-state index in [4.69, 9.17) is 10.5 Å². The molecule has 1 aliphatic heterocycles. The van der Waals surface area contributed by atoms with E-state index in [1.165, 1.54) is 0 Å². The molecule has 1 amide bonds. The minimum atomic E-state index is -0.0469. The van der Waals surface area contributed by atoms with E-state index < -0.39 is 0 Å². The summed E-state index contributed by atoms with van der Waals surface area (Å²) in [6.07, 6.45) is 0. The number of nitrogen functional groups attached to an aromatic ring is 1. The quantitative estimate of drug-likeness (QED) is 0.885. The van der Waals surface area contributed by atoms with Gasteiger partial charge in [-0.3, -0.25) is 9.69 Å². The predicted molar refractivity (Wildman–Crippen MR) is 86.5 cm³/mol. The van der Waals surface area contributed by atoms with E-state index in [1.54, 1.807) is 23.8 Å². The normalized spacial score (nSPS) is 18.0. The molecular formula is C16H16N2O2S. The summed E-state index contributed by atoms with van der Waals surface area (Å²) < 4.78 is 5.39. The first-order valence-corrected chi connectivity index (χ1v) is 7.67. The van der Waals surface area contributed by atoms with Crippen LogP contribution in [0.5, 0.6) is 5.75 Å². The second kappa shape index (κ2) is 5.69. The van der Waals surface area contributed by atoms with Gasteiger partial charge in [0.05, 0.1) is 18.6 Å². The number of hydrogen-bond acceptors (Lipinski definition) is 4. The highest BCUT2D eigenvalue weighted by Crippen LogP contribution is 2.44. The second-order valence-electron chi connectivity index (χ2n) is 4.77. The van der Waals surface area contributed by atoms with E-state index in [0.29, 0.717) is 11.5 Å². The van der Waals surface area contributed by atoms with E-state index in [9.17, 15) is 4.79 Å². The Morgan fingerprint density at radius 2 is 1.90 bits per heavy atom. The Kier molecular flexibility index (Phi) is 3.75. The lowest BCUT2D eigenvalue weighted by molar-refractivity contribution is -0.115. The number of amides is 1. The number of ether oxygens (including phenoxy) is 1. The van der Waals surface area contributed by atoms with Crippen LogP contribution in [-0.2, 0) is 4.79 Å². The number of anilines is 2. The number of carbonyl (C=O) groups is 1. The first kappa shape index (κ1) is 13.8. The summed E-state index contributed by atoms with van der Waals surface area (Å²) in [5.41, 5.74) is 8.32. The molecule has 2 aromatic rings. The van der Waals surface area contributed by atoms with Gasteiger partial charge in [-0.1, -0.05) is 24.3 Å². The first-order chi connectivity index (χ1) is 10.2. The monoisotopic (exact) mass is 300 g/mol. The molecule has 1 atom stereocenters. The molecule has 0 unspecified atom stereocenters. The predicted octanol–water partition coefficient (Wildman–Crippen LogP) is 3.06. The van der Waals surface area contributed by atoms with Gasteiger partial charge in [0, 0.05) is 5.69 Å². The largest absolute Gasteiger partial charge is 0.495 e. The highest BCUT2D eigenvalue weighted by Gasteiger charge is 2.35. The Hall–Kier alpha value is -2.14.